The molecule has 0 aromatic rings. The summed E-state index contributed by atoms with van der Waals surface area (Å²) in [6.07, 6.45) is 7.68. The third-order valence-electron chi connectivity index (χ3n) is 4.96. The van der Waals surface area contributed by atoms with Crippen molar-refractivity contribution in [2.24, 2.45) is 5.41 Å². The molecule has 0 aromatic heterocycles. The van der Waals surface area contributed by atoms with Gasteiger partial charge in [0.1, 0.15) is 5.54 Å². The molecule has 0 radical (unpaired) electrons. The van der Waals surface area contributed by atoms with Crippen molar-refractivity contribution >= 4 is 5.97 Å². The molecule has 1 atom stereocenters. The Balaban J connectivity index is 2.32. The van der Waals surface area contributed by atoms with Gasteiger partial charge in [0.25, 0.3) is 0 Å². The molecule has 98 valence electrons. The molecule has 1 heterocycles. The number of likely N-dealkylation sites (tertiary alicyclic amines) is 1. The Hall–Kier alpha value is -0.570. The fourth-order valence-electron chi connectivity index (χ4n) is 3.89. The van der Waals surface area contributed by atoms with Gasteiger partial charge in [-0.25, -0.2) is 0 Å². The Morgan fingerprint density at radius 1 is 1.00 bits per heavy atom. The molecule has 1 saturated carbocycles. The van der Waals surface area contributed by atoms with Gasteiger partial charge in [-0.05, 0) is 44.2 Å². The van der Waals surface area contributed by atoms with Crippen LogP contribution in [0.5, 0.6) is 0 Å². The molecular formula is C14H25NO2. The van der Waals surface area contributed by atoms with Crippen LogP contribution in [-0.2, 0) is 4.79 Å². The standard InChI is InChI=1S/C14H25NO2/c1-13(2)8-4-5-9-14(13,12(16)17)15-10-6-3-7-11-15/h3-11H2,1-2H3,(H,16,17). The first-order chi connectivity index (χ1) is 8.01. The lowest BCUT2D eigenvalue weighted by Crippen LogP contribution is -2.65. The number of hydrogen-bond donors (Lipinski definition) is 1. The second kappa shape index (κ2) is 4.60. The van der Waals surface area contributed by atoms with Crippen LogP contribution >= 0.6 is 0 Å². The monoisotopic (exact) mass is 239 g/mol. The zero-order valence-electron chi connectivity index (χ0n) is 11.2. The maximum Gasteiger partial charge on any atom is 0.324 e. The molecule has 1 N–H and O–H groups in total. The minimum Gasteiger partial charge on any atom is -0.480 e. The lowest BCUT2D eigenvalue weighted by Gasteiger charge is -2.54. The SMILES string of the molecule is CC1(C)CCCCC1(C(=O)O)N1CCCCC1. The van der Waals surface area contributed by atoms with Gasteiger partial charge in [0.05, 0.1) is 0 Å². The first kappa shape index (κ1) is 12.9. The third-order valence-corrected chi connectivity index (χ3v) is 4.96. The smallest absolute Gasteiger partial charge is 0.324 e. The molecule has 0 amide bonds. The van der Waals surface area contributed by atoms with Crippen LogP contribution in [0.4, 0.5) is 0 Å². The van der Waals surface area contributed by atoms with Gasteiger partial charge in [-0.15, -0.1) is 0 Å². The van der Waals surface area contributed by atoms with Gasteiger partial charge in [-0.3, -0.25) is 9.69 Å². The highest BCUT2D eigenvalue weighted by atomic mass is 16.4. The minimum atomic E-state index is -0.605. The van der Waals surface area contributed by atoms with E-state index in [1.165, 1.54) is 12.8 Å². The molecule has 2 aliphatic rings. The molecule has 3 heteroatoms. The fourth-order valence-corrected chi connectivity index (χ4v) is 3.89. The molecular weight excluding hydrogens is 214 g/mol. The summed E-state index contributed by atoms with van der Waals surface area (Å²) >= 11 is 0. The van der Waals surface area contributed by atoms with Crippen molar-refractivity contribution in [3.05, 3.63) is 0 Å². The van der Waals surface area contributed by atoms with Gasteiger partial charge in [-0.2, -0.15) is 0 Å². The van der Waals surface area contributed by atoms with E-state index in [2.05, 4.69) is 18.7 Å². The number of piperidine rings is 1. The van der Waals surface area contributed by atoms with E-state index in [0.29, 0.717) is 0 Å². The highest BCUT2D eigenvalue weighted by Gasteiger charge is 2.56. The summed E-state index contributed by atoms with van der Waals surface area (Å²) in [7, 11) is 0. The summed E-state index contributed by atoms with van der Waals surface area (Å²) in [6.45, 7) is 6.23. The molecule has 1 aliphatic carbocycles. The molecule has 1 aliphatic heterocycles. The van der Waals surface area contributed by atoms with Crippen molar-refractivity contribution < 1.29 is 9.90 Å². The normalized spacial score (nSPS) is 34.5. The Morgan fingerprint density at radius 3 is 2.12 bits per heavy atom. The number of carboxylic acids is 1. The average molecular weight is 239 g/mol. The van der Waals surface area contributed by atoms with Crippen molar-refractivity contribution in [3.63, 3.8) is 0 Å². The van der Waals surface area contributed by atoms with Crippen LogP contribution in [0.1, 0.15) is 58.8 Å². The second-order valence-electron chi connectivity index (χ2n) is 6.30. The van der Waals surface area contributed by atoms with Gasteiger partial charge >= 0.3 is 5.97 Å². The van der Waals surface area contributed by atoms with Crippen molar-refractivity contribution in [1.29, 1.82) is 0 Å². The highest BCUT2D eigenvalue weighted by Crippen LogP contribution is 2.48. The van der Waals surface area contributed by atoms with Crippen molar-refractivity contribution in [2.45, 2.75) is 64.3 Å². The summed E-state index contributed by atoms with van der Waals surface area (Å²) in [5.74, 6) is -0.593. The Kier molecular flexibility index (Phi) is 3.48. The van der Waals surface area contributed by atoms with E-state index in [4.69, 9.17) is 0 Å². The number of carboxylic acid groups (broad SMARTS) is 1. The van der Waals surface area contributed by atoms with E-state index in [9.17, 15) is 9.90 Å². The number of nitrogens with zero attached hydrogens (tertiary/aromatic N) is 1. The summed E-state index contributed by atoms with van der Waals surface area (Å²) in [5.41, 5.74) is -0.708. The van der Waals surface area contributed by atoms with Crippen LogP contribution in [0.25, 0.3) is 0 Å². The van der Waals surface area contributed by atoms with E-state index in [-0.39, 0.29) is 5.41 Å². The van der Waals surface area contributed by atoms with Crippen LogP contribution in [0, 0.1) is 5.41 Å². The number of hydrogen-bond acceptors (Lipinski definition) is 2. The molecule has 0 aromatic carbocycles. The van der Waals surface area contributed by atoms with Crippen LogP contribution in [0.3, 0.4) is 0 Å². The molecule has 3 nitrogen and oxygen atoms in total. The van der Waals surface area contributed by atoms with Gasteiger partial charge in [0.2, 0.25) is 0 Å². The number of rotatable bonds is 2. The first-order valence-corrected chi connectivity index (χ1v) is 6.99. The largest absolute Gasteiger partial charge is 0.480 e. The van der Waals surface area contributed by atoms with Crippen LogP contribution in [0.2, 0.25) is 0 Å². The molecule has 2 fully saturated rings. The van der Waals surface area contributed by atoms with Crippen molar-refractivity contribution in [2.75, 3.05) is 13.1 Å². The number of carbonyl (C=O) groups is 1. The minimum absolute atomic E-state index is 0.103. The van der Waals surface area contributed by atoms with E-state index >= 15 is 0 Å². The van der Waals surface area contributed by atoms with Crippen LogP contribution < -0.4 is 0 Å². The third kappa shape index (κ3) is 1.99. The zero-order chi connectivity index (χ0) is 12.5. The molecule has 17 heavy (non-hydrogen) atoms. The Morgan fingerprint density at radius 2 is 1.59 bits per heavy atom. The van der Waals surface area contributed by atoms with Gasteiger partial charge < -0.3 is 5.11 Å². The quantitative estimate of drug-likeness (QED) is 0.805. The van der Waals surface area contributed by atoms with Gasteiger partial charge in [0, 0.05) is 0 Å². The topological polar surface area (TPSA) is 40.5 Å². The fraction of sp³-hybridized carbons (Fsp3) is 0.929. The highest BCUT2D eigenvalue weighted by molar-refractivity contribution is 5.80. The van der Waals surface area contributed by atoms with Crippen LogP contribution in [0.15, 0.2) is 0 Å². The lowest BCUT2D eigenvalue weighted by molar-refractivity contribution is -0.167. The molecule has 0 bridgehead atoms. The predicted octanol–water partition coefficient (Wildman–Crippen LogP) is 2.90. The summed E-state index contributed by atoms with van der Waals surface area (Å²) in [6, 6.07) is 0. The van der Waals surface area contributed by atoms with Crippen molar-refractivity contribution in [1.82, 2.24) is 4.90 Å². The first-order valence-electron chi connectivity index (χ1n) is 6.99. The van der Waals surface area contributed by atoms with Gasteiger partial charge in [0.15, 0.2) is 0 Å². The van der Waals surface area contributed by atoms with E-state index in [1.807, 2.05) is 0 Å². The van der Waals surface area contributed by atoms with Crippen LogP contribution in [-0.4, -0.2) is 34.6 Å². The Bertz CT molecular complexity index is 295. The second-order valence-corrected chi connectivity index (χ2v) is 6.30. The van der Waals surface area contributed by atoms with E-state index in [0.717, 1.165) is 45.2 Å². The number of aliphatic carboxylic acids is 1. The predicted molar refractivity (Wildman–Crippen MR) is 68.0 cm³/mol. The van der Waals surface area contributed by atoms with Crippen molar-refractivity contribution in [3.8, 4) is 0 Å². The summed E-state index contributed by atoms with van der Waals surface area (Å²) < 4.78 is 0. The van der Waals surface area contributed by atoms with E-state index in [1.54, 1.807) is 0 Å². The maximum atomic E-state index is 11.9. The summed E-state index contributed by atoms with van der Waals surface area (Å²) in [5, 5.41) is 9.83. The zero-order valence-corrected chi connectivity index (χ0v) is 11.2. The van der Waals surface area contributed by atoms with E-state index < -0.39 is 11.5 Å². The molecule has 1 saturated heterocycles. The van der Waals surface area contributed by atoms with Gasteiger partial charge in [-0.1, -0.05) is 33.1 Å². The Labute approximate surface area is 104 Å². The molecule has 2 rings (SSSR count). The maximum absolute atomic E-state index is 11.9. The molecule has 0 spiro atoms. The lowest BCUT2D eigenvalue weighted by atomic mass is 9.62. The average Bonchev–Trinajstić information content (AvgIpc) is 2.29. The summed E-state index contributed by atoms with van der Waals surface area (Å²) in [4.78, 5) is 14.2. The molecule has 1 unspecified atom stereocenters.